The molecule has 1 amide bonds. The number of nitrogens with two attached hydrogens (primary N) is 1. The zero-order valence-electron chi connectivity index (χ0n) is 13.4. The van der Waals surface area contributed by atoms with Crippen LogP contribution in [-0.4, -0.2) is 35.9 Å². The molecule has 0 atom stereocenters. The summed E-state index contributed by atoms with van der Waals surface area (Å²) in [5, 5.41) is 0.719. The van der Waals surface area contributed by atoms with Gasteiger partial charge in [0.25, 0.3) is 5.91 Å². The van der Waals surface area contributed by atoms with Gasteiger partial charge in [-0.2, -0.15) is 0 Å². The van der Waals surface area contributed by atoms with Gasteiger partial charge >= 0.3 is 0 Å². The number of nitrogens with zero attached hydrogens (tertiary/aromatic N) is 1. The van der Waals surface area contributed by atoms with Crippen LogP contribution in [0.15, 0.2) is 33.5 Å². The molecule has 5 nitrogen and oxygen atoms in total. The third-order valence-electron chi connectivity index (χ3n) is 3.62. The fourth-order valence-electron chi connectivity index (χ4n) is 2.40. The summed E-state index contributed by atoms with van der Waals surface area (Å²) in [6, 6.07) is 6.84. The summed E-state index contributed by atoms with van der Waals surface area (Å²) in [5.41, 5.74) is 6.28. The number of nitrogens with one attached hydrogen (secondary N) is 1. The molecule has 0 aliphatic carbocycles. The number of hydrogen-bond acceptors (Lipinski definition) is 3. The Morgan fingerprint density at radius 1 is 1.39 bits per heavy atom. The van der Waals surface area contributed by atoms with Crippen molar-refractivity contribution in [3.63, 3.8) is 0 Å². The number of pyridine rings is 1. The van der Waals surface area contributed by atoms with Gasteiger partial charge in [-0.3, -0.25) is 9.59 Å². The molecule has 0 aliphatic rings. The molecule has 126 valence electrons. The number of aromatic nitrogens is 1. The number of carbonyl (C=O) groups excluding carboxylic acids is 1. The minimum atomic E-state index is -0.297. The highest BCUT2D eigenvalue weighted by Gasteiger charge is 2.23. The molecule has 2 rings (SSSR count). The molecular weight excluding hydrogens is 382 g/mol. The highest BCUT2D eigenvalue weighted by atomic mass is 79.9. The minimum Gasteiger partial charge on any atom is -0.341 e. The number of para-hydroxylation sites is 1. The van der Waals surface area contributed by atoms with Crippen molar-refractivity contribution in [2.75, 3.05) is 20.1 Å². The number of benzene rings is 1. The second-order valence-electron chi connectivity index (χ2n) is 6.24. The maximum absolute atomic E-state index is 12.7. The zero-order valence-corrected chi connectivity index (χ0v) is 15.8. The molecule has 0 saturated carbocycles. The molecule has 7 heteroatoms. The maximum Gasteiger partial charge on any atom is 0.254 e. The molecular formula is C16H21BrClN3O2. The first-order chi connectivity index (χ1) is 10.2. The molecule has 3 N–H and O–H groups in total. The largest absolute Gasteiger partial charge is 0.341 e. The molecule has 2 aromatic rings. The molecule has 23 heavy (non-hydrogen) atoms. The van der Waals surface area contributed by atoms with Gasteiger partial charge in [-0.1, -0.05) is 26.0 Å². The highest BCUT2D eigenvalue weighted by Crippen LogP contribution is 2.24. The van der Waals surface area contributed by atoms with Crippen molar-refractivity contribution in [2.24, 2.45) is 11.1 Å². The van der Waals surface area contributed by atoms with Crippen LogP contribution in [0.2, 0.25) is 0 Å². The number of amides is 1. The van der Waals surface area contributed by atoms with Crippen LogP contribution in [0.3, 0.4) is 0 Å². The van der Waals surface area contributed by atoms with E-state index in [0.717, 1.165) is 9.86 Å². The van der Waals surface area contributed by atoms with Gasteiger partial charge in [0.2, 0.25) is 5.56 Å². The van der Waals surface area contributed by atoms with E-state index in [9.17, 15) is 9.59 Å². The molecule has 0 radical (unpaired) electrons. The van der Waals surface area contributed by atoms with E-state index in [0.29, 0.717) is 24.2 Å². The Bertz CT molecular complexity index is 773. The first kappa shape index (κ1) is 19.7. The van der Waals surface area contributed by atoms with Crippen molar-refractivity contribution < 1.29 is 4.79 Å². The van der Waals surface area contributed by atoms with Gasteiger partial charge in [-0.05, 0) is 34.0 Å². The fourth-order valence-corrected chi connectivity index (χ4v) is 2.87. The third-order valence-corrected chi connectivity index (χ3v) is 4.28. The van der Waals surface area contributed by atoms with Crippen molar-refractivity contribution >= 4 is 45.1 Å². The van der Waals surface area contributed by atoms with E-state index in [1.54, 1.807) is 11.9 Å². The molecule has 0 aliphatic heterocycles. The van der Waals surface area contributed by atoms with Gasteiger partial charge in [0, 0.05) is 29.5 Å². The Hall–Kier alpha value is -1.37. The van der Waals surface area contributed by atoms with Crippen molar-refractivity contribution in [1.29, 1.82) is 0 Å². The second-order valence-corrected chi connectivity index (χ2v) is 7.09. The summed E-state index contributed by atoms with van der Waals surface area (Å²) < 4.78 is 0.752. The molecule has 0 fully saturated rings. The number of carbonyl (C=O) groups is 1. The Balaban J connectivity index is 0.00000264. The van der Waals surface area contributed by atoms with Crippen molar-refractivity contribution in [2.45, 2.75) is 13.8 Å². The van der Waals surface area contributed by atoms with E-state index in [4.69, 9.17) is 5.73 Å². The lowest BCUT2D eigenvalue weighted by Crippen LogP contribution is -2.40. The lowest BCUT2D eigenvalue weighted by atomic mass is 9.93. The Morgan fingerprint density at radius 3 is 2.65 bits per heavy atom. The van der Waals surface area contributed by atoms with Crippen LogP contribution in [0, 0.1) is 5.41 Å². The van der Waals surface area contributed by atoms with E-state index in [2.05, 4.69) is 20.9 Å². The molecule has 1 aromatic heterocycles. The summed E-state index contributed by atoms with van der Waals surface area (Å²) in [6.45, 7) is 5.00. The highest BCUT2D eigenvalue weighted by molar-refractivity contribution is 9.10. The molecule has 0 unspecified atom stereocenters. The lowest BCUT2D eigenvalue weighted by Gasteiger charge is -2.29. The summed E-state index contributed by atoms with van der Waals surface area (Å²) in [6.07, 6.45) is 0. The van der Waals surface area contributed by atoms with Gasteiger partial charge in [0.05, 0.1) is 11.1 Å². The summed E-state index contributed by atoms with van der Waals surface area (Å²) >= 11 is 3.40. The van der Waals surface area contributed by atoms with E-state index in [1.165, 1.54) is 6.07 Å². The number of hydrogen-bond donors (Lipinski definition) is 2. The van der Waals surface area contributed by atoms with Gasteiger partial charge in [0.1, 0.15) is 0 Å². The predicted molar refractivity (Wildman–Crippen MR) is 99.3 cm³/mol. The SMILES string of the molecule is CN(CC(C)(C)CN)C(=O)c1cc(=O)[nH]c2c(Br)cccc12.Cl. The number of aromatic amines is 1. The monoisotopic (exact) mass is 401 g/mol. The number of halogens is 2. The number of H-pyrrole nitrogens is 1. The van der Waals surface area contributed by atoms with Crippen molar-refractivity contribution in [3.05, 3.63) is 44.7 Å². The quantitative estimate of drug-likeness (QED) is 0.825. The van der Waals surface area contributed by atoms with Crippen LogP contribution >= 0.6 is 28.3 Å². The minimum absolute atomic E-state index is 0. The van der Waals surface area contributed by atoms with Gasteiger partial charge in [-0.25, -0.2) is 0 Å². The molecule has 1 aromatic carbocycles. The molecule has 0 saturated heterocycles. The van der Waals surface area contributed by atoms with Crippen molar-refractivity contribution in [3.8, 4) is 0 Å². The standard InChI is InChI=1S/C16H20BrN3O2.ClH/c1-16(2,8-18)9-20(3)15(22)11-7-13(21)19-14-10(11)5-4-6-12(14)17;/h4-7H,8-9,18H2,1-3H3,(H,19,21);1H. The summed E-state index contributed by atoms with van der Waals surface area (Å²) in [4.78, 5) is 29.0. The Labute approximate surface area is 149 Å². The topological polar surface area (TPSA) is 79.2 Å². The fraction of sp³-hybridized carbons (Fsp3) is 0.375. The first-order valence-corrected chi connectivity index (χ1v) is 7.81. The maximum atomic E-state index is 12.7. The van der Waals surface area contributed by atoms with E-state index < -0.39 is 0 Å². The smallest absolute Gasteiger partial charge is 0.254 e. The zero-order chi connectivity index (χ0) is 16.5. The molecule has 0 spiro atoms. The average Bonchev–Trinajstić information content (AvgIpc) is 2.46. The Kier molecular flexibility index (Phi) is 6.39. The van der Waals surface area contributed by atoms with Crippen molar-refractivity contribution in [1.82, 2.24) is 9.88 Å². The summed E-state index contributed by atoms with van der Waals surface area (Å²) in [7, 11) is 1.73. The van der Waals surface area contributed by atoms with Crippen LogP contribution < -0.4 is 11.3 Å². The second kappa shape index (κ2) is 7.47. The van der Waals surface area contributed by atoms with Crippen LogP contribution in [0.25, 0.3) is 10.9 Å². The molecule has 1 heterocycles. The van der Waals surface area contributed by atoms with Gasteiger partial charge < -0.3 is 15.6 Å². The van der Waals surface area contributed by atoms with E-state index in [-0.39, 0.29) is 29.3 Å². The van der Waals surface area contributed by atoms with Crippen LogP contribution in [0.1, 0.15) is 24.2 Å². The predicted octanol–water partition coefficient (Wildman–Crippen LogP) is 2.77. The van der Waals surface area contributed by atoms with Crippen LogP contribution in [0.4, 0.5) is 0 Å². The number of rotatable bonds is 4. The van der Waals surface area contributed by atoms with Gasteiger partial charge in [-0.15, -0.1) is 12.4 Å². The molecule has 0 bridgehead atoms. The summed E-state index contributed by atoms with van der Waals surface area (Å²) in [5.74, 6) is -0.185. The van der Waals surface area contributed by atoms with Crippen LogP contribution in [-0.2, 0) is 0 Å². The normalized spacial score (nSPS) is 11.2. The average molecular weight is 403 g/mol. The first-order valence-electron chi connectivity index (χ1n) is 7.02. The number of fused-ring (bicyclic) bond motifs is 1. The van der Waals surface area contributed by atoms with Gasteiger partial charge in [0.15, 0.2) is 0 Å². The third kappa shape index (κ3) is 4.34. The van der Waals surface area contributed by atoms with E-state index >= 15 is 0 Å². The van der Waals surface area contributed by atoms with E-state index in [1.807, 2.05) is 32.0 Å². The lowest BCUT2D eigenvalue weighted by molar-refractivity contribution is 0.0742. The van der Waals surface area contributed by atoms with Crippen LogP contribution in [0.5, 0.6) is 0 Å². The Morgan fingerprint density at radius 2 is 2.04 bits per heavy atom.